The van der Waals surface area contributed by atoms with Crippen LogP contribution in [0.5, 0.6) is 0 Å². The summed E-state index contributed by atoms with van der Waals surface area (Å²) in [5.41, 5.74) is 1.47. The number of thioether (sulfide) groups is 1. The molecule has 0 atom stereocenters. The van der Waals surface area contributed by atoms with Gasteiger partial charge in [-0.05, 0) is 40.5 Å². The third kappa shape index (κ3) is 4.88. The van der Waals surface area contributed by atoms with Gasteiger partial charge in [-0.1, -0.05) is 30.3 Å². The van der Waals surface area contributed by atoms with Gasteiger partial charge in [0.15, 0.2) is 10.6 Å². The summed E-state index contributed by atoms with van der Waals surface area (Å²) in [4.78, 5) is 12.0. The number of nitriles is 2. The highest BCUT2D eigenvalue weighted by atomic mass is 35.5. The van der Waals surface area contributed by atoms with Gasteiger partial charge in [0.1, 0.15) is 10.1 Å². The molecule has 0 N–H and O–H groups in total. The monoisotopic (exact) mass is 432 g/mol. The van der Waals surface area contributed by atoms with E-state index in [1.54, 1.807) is 38.0 Å². The van der Waals surface area contributed by atoms with Crippen LogP contribution in [0.1, 0.15) is 11.5 Å². The van der Waals surface area contributed by atoms with E-state index >= 15 is 0 Å². The van der Waals surface area contributed by atoms with E-state index in [0.29, 0.717) is 21.2 Å². The number of allylic oxidation sites excluding steroid dienone is 2. The van der Waals surface area contributed by atoms with E-state index in [0.717, 1.165) is 17.3 Å². The maximum atomic E-state index is 9.87. The van der Waals surface area contributed by atoms with Gasteiger partial charge in [0.2, 0.25) is 0 Å². The van der Waals surface area contributed by atoms with Crippen molar-refractivity contribution in [2.45, 2.75) is 5.92 Å². The van der Waals surface area contributed by atoms with Crippen molar-refractivity contribution in [3.63, 3.8) is 0 Å². The summed E-state index contributed by atoms with van der Waals surface area (Å²) < 4.78 is 0. The molecule has 0 amide bonds. The van der Waals surface area contributed by atoms with Crippen LogP contribution in [0.4, 0.5) is 0 Å². The summed E-state index contributed by atoms with van der Waals surface area (Å²) in [5, 5.41) is 20.9. The molecule has 1 aromatic carbocycles. The second-order valence-corrected chi connectivity index (χ2v) is 7.81. The van der Waals surface area contributed by atoms with Gasteiger partial charge < -0.3 is 9.80 Å². The highest BCUT2D eigenvalue weighted by Gasteiger charge is 2.33. The Hall–Kier alpha value is -2.45. The van der Waals surface area contributed by atoms with Gasteiger partial charge in [0, 0.05) is 28.2 Å². The summed E-state index contributed by atoms with van der Waals surface area (Å²) in [7, 11) is 7.00. The molecule has 0 bridgehead atoms. The number of halogens is 2. The normalized spacial score (nSPS) is 17.9. The SMILES string of the molecule is CN(C)/C(Cl)=N/C1=C(C#N)C(c2ccccc2)C(C#N)=C(/N=C(\Cl)N(C)C)S1. The highest BCUT2D eigenvalue weighted by Crippen LogP contribution is 2.47. The molecule has 1 heterocycles. The first-order valence-corrected chi connectivity index (χ1v) is 9.71. The van der Waals surface area contributed by atoms with Crippen LogP contribution in [0.25, 0.3) is 0 Å². The smallest absolute Gasteiger partial charge is 0.199 e. The van der Waals surface area contributed by atoms with E-state index in [1.165, 1.54) is 0 Å². The third-order valence-corrected chi connectivity index (χ3v) is 5.59. The summed E-state index contributed by atoms with van der Waals surface area (Å²) in [6.07, 6.45) is 0. The lowest BCUT2D eigenvalue weighted by atomic mass is 9.86. The first kappa shape index (κ1) is 21.8. The second kappa shape index (κ2) is 9.66. The van der Waals surface area contributed by atoms with Crippen molar-refractivity contribution in [3.8, 4) is 12.1 Å². The fourth-order valence-corrected chi connectivity index (χ4v) is 3.59. The van der Waals surface area contributed by atoms with E-state index < -0.39 is 5.92 Å². The maximum absolute atomic E-state index is 9.87. The standard InChI is InChI=1S/C19H18Cl2N6S/c1-26(2)18(20)24-16-13(10-22)15(12-8-6-5-7-9-12)14(11-23)17(28-16)25-19(21)27(3)4/h5-9,15H,1-4H3/b24-18+,25-19+. The molecule has 0 radical (unpaired) electrons. The molecule has 0 fully saturated rings. The summed E-state index contributed by atoms with van der Waals surface area (Å²) >= 11 is 13.5. The van der Waals surface area contributed by atoms with Crippen molar-refractivity contribution < 1.29 is 0 Å². The molecular weight excluding hydrogens is 415 g/mol. The molecular formula is C19H18Cl2N6S. The third-order valence-electron chi connectivity index (χ3n) is 3.73. The average Bonchev–Trinajstić information content (AvgIpc) is 2.67. The van der Waals surface area contributed by atoms with Gasteiger partial charge in [-0.25, -0.2) is 9.98 Å². The zero-order chi connectivity index (χ0) is 20.8. The molecule has 6 nitrogen and oxygen atoms in total. The van der Waals surface area contributed by atoms with Gasteiger partial charge in [0.25, 0.3) is 0 Å². The first-order chi connectivity index (χ1) is 13.3. The number of aliphatic imine (C=N–C) groups is 2. The summed E-state index contributed by atoms with van der Waals surface area (Å²) in [6.45, 7) is 0. The largest absolute Gasteiger partial charge is 0.353 e. The van der Waals surface area contributed by atoms with Gasteiger partial charge in [0.05, 0.1) is 29.2 Å². The van der Waals surface area contributed by atoms with E-state index in [9.17, 15) is 10.5 Å². The Morgan fingerprint density at radius 3 is 1.68 bits per heavy atom. The minimum Gasteiger partial charge on any atom is -0.353 e. The predicted octanol–water partition coefficient (Wildman–Crippen LogP) is 4.30. The van der Waals surface area contributed by atoms with Crippen LogP contribution >= 0.6 is 35.0 Å². The highest BCUT2D eigenvalue weighted by molar-refractivity contribution is 8.06. The molecule has 9 heteroatoms. The topological polar surface area (TPSA) is 78.8 Å². The number of hydrogen-bond donors (Lipinski definition) is 0. The van der Waals surface area contributed by atoms with Gasteiger partial charge in [-0.2, -0.15) is 10.5 Å². The van der Waals surface area contributed by atoms with E-state index in [4.69, 9.17) is 23.2 Å². The van der Waals surface area contributed by atoms with Crippen molar-refractivity contribution in [1.82, 2.24) is 9.80 Å². The van der Waals surface area contributed by atoms with Crippen LogP contribution < -0.4 is 0 Å². The lowest BCUT2D eigenvalue weighted by molar-refractivity contribution is 0.634. The molecule has 1 aromatic rings. The molecule has 0 unspecified atom stereocenters. The second-order valence-electron chi connectivity index (χ2n) is 6.16. The molecule has 0 aromatic heterocycles. The quantitative estimate of drug-likeness (QED) is 0.404. The minimum atomic E-state index is -0.604. The molecule has 144 valence electrons. The number of rotatable bonds is 3. The molecule has 2 rings (SSSR count). The molecule has 0 spiro atoms. The molecule has 0 saturated carbocycles. The molecule has 1 aliphatic rings. The molecule has 0 aliphatic carbocycles. The predicted molar refractivity (Wildman–Crippen MR) is 116 cm³/mol. The van der Waals surface area contributed by atoms with Crippen LogP contribution in [0.15, 0.2) is 61.5 Å². The Kier molecular flexibility index (Phi) is 7.53. The number of amidine groups is 2. The van der Waals surface area contributed by atoms with Crippen molar-refractivity contribution >= 4 is 45.6 Å². The number of benzene rings is 1. The van der Waals surface area contributed by atoms with E-state index in [2.05, 4.69) is 22.1 Å². The maximum Gasteiger partial charge on any atom is 0.199 e. The van der Waals surface area contributed by atoms with Crippen molar-refractivity contribution in [1.29, 1.82) is 10.5 Å². The molecule has 1 aliphatic heterocycles. The van der Waals surface area contributed by atoms with Gasteiger partial charge in [-0.3, -0.25) is 0 Å². The number of nitrogens with zero attached hydrogens (tertiary/aromatic N) is 6. The van der Waals surface area contributed by atoms with Crippen LogP contribution in [-0.4, -0.2) is 48.6 Å². The zero-order valence-electron chi connectivity index (χ0n) is 15.8. The lowest BCUT2D eigenvalue weighted by Gasteiger charge is -2.24. The van der Waals surface area contributed by atoms with Crippen LogP contribution in [0.3, 0.4) is 0 Å². The zero-order valence-corrected chi connectivity index (χ0v) is 18.1. The van der Waals surface area contributed by atoms with Crippen molar-refractivity contribution in [2.24, 2.45) is 9.98 Å². The van der Waals surface area contributed by atoms with Gasteiger partial charge in [-0.15, -0.1) is 0 Å². The lowest BCUT2D eigenvalue weighted by Crippen LogP contribution is -2.19. The summed E-state index contributed by atoms with van der Waals surface area (Å²) in [5.74, 6) is -0.604. The van der Waals surface area contributed by atoms with E-state index in [1.807, 2.05) is 30.3 Å². The van der Waals surface area contributed by atoms with Crippen molar-refractivity contribution in [2.75, 3.05) is 28.2 Å². The first-order valence-electron chi connectivity index (χ1n) is 8.14. The van der Waals surface area contributed by atoms with Crippen molar-refractivity contribution in [3.05, 3.63) is 57.1 Å². The Labute approximate surface area is 179 Å². The Balaban J connectivity index is 2.76. The number of hydrogen-bond acceptors (Lipinski definition) is 5. The Morgan fingerprint density at radius 1 is 0.893 bits per heavy atom. The van der Waals surface area contributed by atoms with E-state index in [-0.39, 0.29) is 10.6 Å². The Morgan fingerprint density at radius 2 is 1.32 bits per heavy atom. The van der Waals surface area contributed by atoms with Gasteiger partial charge >= 0.3 is 0 Å². The molecule has 28 heavy (non-hydrogen) atoms. The molecule has 0 saturated heterocycles. The van der Waals surface area contributed by atoms with Crippen LogP contribution in [-0.2, 0) is 0 Å². The Bertz CT molecular complexity index is 891. The summed E-state index contributed by atoms with van der Waals surface area (Å²) in [6, 6.07) is 13.7. The minimum absolute atomic E-state index is 0.213. The van der Waals surface area contributed by atoms with Crippen LogP contribution in [0.2, 0.25) is 0 Å². The average molecular weight is 433 g/mol. The fraction of sp³-hybridized carbons (Fsp3) is 0.263. The van der Waals surface area contributed by atoms with Crippen LogP contribution in [0, 0.1) is 22.7 Å². The fourth-order valence-electron chi connectivity index (χ4n) is 2.33.